The molecule has 2 rings (SSSR count). The summed E-state index contributed by atoms with van der Waals surface area (Å²) in [7, 11) is 0. The average Bonchev–Trinajstić information content (AvgIpc) is 2.69. The van der Waals surface area contributed by atoms with Crippen molar-refractivity contribution in [2.45, 2.75) is 32.6 Å². The molecule has 3 heteroatoms. The summed E-state index contributed by atoms with van der Waals surface area (Å²) in [6, 6.07) is 7.90. The van der Waals surface area contributed by atoms with E-state index in [9.17, 15) is 4.79 Å². The molecule has 1 heterocycles. The first-order chi connectivity index (χ1) is 8.70. The summed E-state index contributed by atoms with van der Waals surface area (Å²) in [5.41, 5.74) is 7.88. The quantitative estimate of drug-likeness (QED) is 0.811. The fourth-order valence-corrected chi connectivity index (χ4v) is 2.69. The first-order valence-electron chi connectivity index (χ1n) is 6.82. The van der Waals surface area contributed by atoms with Crippen LogP contribution in [0.5, 0.6) is 0 Å². The Morgan fingerprint density at radius 3 is 2.89 bits per heavy atom. The molecule has 1 aromatic rings. The maximum atomic E-state index is 11.9. The standard InChI is InChI=1S/C15H22N2O/c1-2-5-12-10-15(18)17(11-12)9-8-13-6-3-4-7-14(13)16/h3-4,6-7,12H,2,5,8-11,16H2,1H3. The number of anilines is 1. The van der Waals surface area contributed by atoms with Crippen molar-refractivity contribution in [1.29, 1.82) is 0 Å². The maximum absolute atomic E-state index is 11.9. The lowest BCUT2D eigenvalue weighted by molar-refractivity contribution is -0.127. The van der Waals surface area contributed by atoms with Gasteiger partial charge in [0.1, 0.15) is 0 Å². The van der Waals surface area contributed by atoms with Gasteiger partial charge in [0.2, 0.25) is 5.91 Å². The van der Waals surface area contributed by atoms with Crippen molar-refractivity contribution in [2.75, 3.05) is 18.8 Å². The first kappa shape index (κ1) is 12.9. The van der Waals surface area contributed by atoms with Gasteiger partial charge in [0.15, 0.2) is 0 Å². The number of hydrogen-bond acceptors (Lipinski definition) is 2. The topological polar surface area (TPSA) is 46.3 Å². The van der Waals surface area contributed by atoms with Gasteiger partial charge in [-0.2, -0.15) is 0 Å². The minimum absolute atomic E-state index is 0.308. The second-order valence-corrected chi connectivity index (χ2v) is 5.15. The van der Waals surface area contributed by atoms with Crippen LogP contribution in [0.15, 0.2) is 24.3 Å². The van der Waals surface area contributed by atoms with E-state index in [0.29, 0.717) is 11.8 Å². The van der Waals surface area contributed by atoms with Gasteiger partial charge in [-0.25, -0.2) is 0 Å². The second kappa shape index (κ2) is 5.89. The third-order valence-electron chi connectivity index (χ3n) is 3.70. The Morgan fingerprint density at radius 2 is 2.17 bits per heavy atom. The summed E-state index contributed by atoms with van der Waals surface area (Å²) in [6.07, 6.45) is 3.92. The fraction of sp³-hybridized carbons (Fsp3) is 0.533. The number of nitrogen functional groups attached to an aromatic ring is 1. The van der Waals surface area contributed by atoms with E-state index in [1.165, 1.54) is 0 Å². The molecule has 1 aliphatic rings. The highest BCUT2D eigenvalue weighted by molar-refractivity contribution is 5.78. The number of amides is 1. The third kappa shape index (κ3) is 3.03. The summed E-state index contributed by atoms with van der Waals surface area (Å²) < 4.78 is 0. The van der Waals surface area contributed by atoms with Gasteiger partial charge < -0.3 is 10.6 Å². The molecule has 3 nitrogen and oxygen atoms in total. The normalized spacial score (nSPS) is 19.5. The van der Waals surface area contributed by atoms with E-state index in [0.717, 1.165) is 50.0 Å². The predicted molar refractivity (Wildman–Crippen MR) is 74.2 cm³/mol. The van der Waals surface area contributed by atoms with Gasteiger partial charge in [-0.1, -0.05) is 31.5 Å². The number of para-hydroxylation sites is 1. The summed E-state index contributed by atoms with van der Waals surface area (Å²) in [6.45, 7) is 3.91. The van der Waals surface area contributed by atoms with E-state index in [4.69, 9.17) is 5.73 Å². The number of likely N-dealkylation sites (tertiary alicyclic amines) is 1. The number of nitrogens with zero attached hydrogens (tertiary/aromatic N) is 1. The molecule has 0 aliphatic carbocycles. The van der Waals surface area contributed by atoms with Crippen LogP contribution >= 0.6 is 0 Å². The van der Waals surface area contributed by atoms with E-state index in [1.54, 1.807) is 0 Å². The first-order valence-corrected chi connectivity index (χ1v) is 6.82. The average molecular weight is 246 g/mol. The van der Waals surface area contributed by atoms with Crippen LogP contribution in [0.2, 0.25) is 0 Å². The Bertz CT molecular complexity index is 417. The molecule has 1 aromatic carbocycles. The summed E-state index contributed by atoms with van der Waals surface area (Å²) >= 11 is 0. The Morgan fingerprint density at radius 1 is 1.39 bits per heavy atom. The van der Waals surface area contributed by atoms with Gasteiger partial charge in [-0.15, -0.1) is 0 Å². The lowest BCUT2D eigenvalue weighted by Gasteiger charge is -2.17. The van der Waals surface area contributed by atoms with Gasteiger partial charge in [0.05, 0.1) is 0 Å². The number of carbonyl (C=O) groups excluding carboxylic acids is 1. The van der Waals surface area contributed by atoms with E-state index < -0.39 is 0 Å². The number of hydrogen-bond donors (Lipinski definition) is 1. The highest BCUT2D eigenvalue weighted by atomic mass is 16.2. The minimum atomic E-state index is 0.308. The third-order valence-corrected chi connectivity index (χ3v) is 3.70. The molecule has 0 spiro atoms. The molecule has 18 heavy (non-hydrogen) atoms. The van der Waals surface area contributed by atoms with E-state index in [1.807, 2.05) is 29.2 Å². The zero-order valence-corrected chi connectivity index (χ0v) is 11.1. The Labute approximate surface area is 109 Å². The Balaban J connectivity index is 1.87. The number of rotatable bonds is 5. The van der Waals surface area contributed by atoms with Crippen molar-refractivity contribution in [3.05, 3.63) is 29.8 Å². The van der Waals surface area contributed by atoms with Crippen LogP contribution in [0, 0.1) is 5.92 Å². The molecule has 0 aromatic heterocycles. The van der Waals surface area contributed by atoms with Crippen molar-refractivity contribution in [2.24, 2.45) is 5.92 Å². The van der Waals surface area contributed by atoms with Crippen molar-refractivity contribution in [3.8, 4) is 0 Å². The van der Waals surface area contributed by atoms with Crippen molar-refractivity contribution < 1.29 is 4.79 Å². The van der Waals surface area contributed by atoms with Gasteiger partial charge >= 0.3 is 0 Å². The summed E-state index contributed by atoms with van der Waals surface area (Å²) in [4.78, 5) is 13.9. The molecule has 1 aliphatic heterocycles. The zero-order chi connectivity index (χ0) is 13.0. The molecule has 1 saturated heterocycles. The van der Waals surface area contributed by atoms with Crippen LogP contribution in [0.3, 0.4) is 0 Å². The maximum Gasteiger partial charge on any atom is 0.222 e. The summed E-state index contributed by atoms with van der Waals surface area (Å²) in [5, 5.41) is 0. The Hall–Kier alpha value is -1.51. The van der Waals surface area contributed by atoms with Crippen LogP contribution in [-0.4, -0.2) is 23.9 Å². The Kier molecular flexibility index (Phi) is 4.24. The fourth-order valence-electron chi connectivity index (χ4n) is 2.69. The monoisotopic (exact) mass is 246 g/mol. The lowest BCUT2D eigenvalue weighted by Crippen LogP contribution is -2.27. The molecular weight excluding hydrogens is 224 g/mol. The van der Waals surface area contributed by atoms with Crippen LogP contribution in [0.4, 0.5) is 5.69 Å². The van der Waals surface area contributed by atoms with Crippen molar-refractivity contribution in [1.82, 2.24) is 4.90 Å². The van der Waals surface area contributed by atoms with Gasteiger partial charge in [-0.05, 0) is 30.4 Å². The van der Waals surface area contributed by atoms with Crippen molar-refractivity contribution >= 4 is 11.6 Å². The highest BCUT2D eigenvalue weighted by Gasteiger charge is 2.28. The largest absolute Gasteiger partial charge is 0.399 e. The van der Waals surface area contributed by atoms with E-state index in [2.05, 4.69) is 6.92 Å². The van der Waals surface area contributed by atoms with E-state index in [-0.39, 0.29) is 0 Å². The second-order valence-electron chi connectivity index (χ2n) is 5.15. The van der Waals surface area contributed by atoms with Crippen LogP contribution < -0.4 is 5.73 Å². The molecular formula is C15H22N2O. The molecule has 0 bridgehead atoms. The number of nitrogens with two attached hydrogens (primary N) is 1. The summed E-state index contributed by atoms with van der Waals surface area (Å²) in [5.74, 6) is 0.874. The number of benzene rings is 1. The highest BCUT2D eigenvalue weighted by Crippen LogP contribution is 2.22. The van der Waals surface area contributed by atoms with Gasteiger partial charge in [-0.3, -0.25) is 4.79 Å². The molecule has 0 saturated carbocycles. The molecule has 1 unspecified atom stereocenters. The predicted octanol–water partition coefficient (Wildman–Crippen LogP) is 2.46. The molecule has 98 valence electrons. The van der Waals surface area contributed by atoms with Gasteiger partial charge in [0, 0.05) is 25.2 Å². The molecule has 0 radical (unpaired) electrons. The SMILES string of the molecule is CCCC1CC(=O)N(CCc2ccccc2N)C1. The van der Waals surface area contributed by atoms with Gasteiger partial charge in [0.25, 0.3) is 0 Å². The van der Waals surface area contributed by atoms with Crippen LogP contribution in [-0.2, 0) is 11.2 Å². The zero-order valence-electron chi connectivity index (χ0n) is 11.1. The smallest absolute Gasteiger partial charge is 0.222 e. The van der Waals surface area contributed by atoms with Crippen molar-refractivity contribution in [3.63, 3.8) is 0 Å². The molecule has 2 N–H and O–H groups in total. The molecule has 1 amide bonds. The van der Waals surface area contributed by atoms with Crippen LogP contribution in [0.1, 0.15) is 31.7 Å². The minimum Gasteiger partial charge on any atom is -0.399 e. The van der Waals surface area contributed by atoms with Crippen LogP contribution in [0.25, 0.3) is 0 Å². The number of carbonyl (C=O) groups is 1. The molecule has 1 fully saturated rings. The molecule has 1 atom stereocenters. The van der Waals surface area contributed by atoms with E-state index >= 15 is 0 Å². The lowest BCUT2D eigenvalue weighted by atomic mass is 10.0.